The number of hydrogen-bond donors (Lipinski definition) is 2. The maximum absolute atomic E-state index is 8.57. The van der Waals surface area contributed by atoms with E-state index >= 15 is 0 Å². The molecule has 0 unspecified atom stereocenters. The maximum atomic E-state index is 8.57. The van der Waals surface area contributed by atoms with E-state index in [0.717, 1.165) is 18.4 Å². The Hall–Kier alpha value is -0.0500. The number of rotatable bonds is 4. The van der Waals surface area contributed by atoms with Gasteiger partial charge in [-0.3, -0.25) is 0 Å². The van der Waals surface area contributed by atoms with Crippen molar-refractivity contribution in [3.63, 3.8) is 0 Å². The monoisotopic (exact) mass is 177 g/mol. The van der Waals surface area contributed by atoms with Crippen molar-refractivity contribution in [1.29, 1.82) is 0 Å². The van der Waals surface area contributed by atoms with Gasteiger partial charge in [-0.25, -0.2) is 0 Å². The predicted molar refractivity (Wildman–Crippen MR) is 48.5 cm³/mol. The molecule has 0 fully saturated rings. The Morgan fingerprint density at radius 3 is 2.45 bits per heavy atom. The summed E-state index contributed by atoms with van der Waals surface area (Å²) in [6.07, 6.45) is 1.49. The summed E-state index contributed by atoms with van der Waals surface area (Å²) in [5.74, 6) is 0. The molecule has 0 aromatic carbocycles. The van der Waals surface area contributed by atoms with Gasteiger partial charge in [-0.2, -0.15) is 0 Å². The average molecular weight is 178 g/mol. The topological polar surface area (TPSA) is 46.2 Å². The van der Waals surface area contributed by atoms with E-state index in [9.17, 15) is 0 Å². The van der Waals surface area contributed by atoms with E-state index in [0.29, 0.717) is 0 Å². The molecule has 0 aliphatic heterocycles. The first-order chi connectivity index (χ1) is 5.02. The average Bonchev–Trinajstić information content (AvgIpc) is 1.87. The summed E-state index contributed by atoms with van der Waals surface area (Å²) in [7, 11) is 0. The molecule has 0 amide bonds. The Balaban J connectivity index is 3.99. The van der Waals surface area contributed by atoms with Crippen molar-refractivity contribution in [2.45, 2.75) is 32.2 Å². The van der Waals surface area contributed by atoms with E-state index in [-0.39, 0.29) is 12.1 Å². The number of nitrogens with two attached hydrogens (primary N) is 1. The molecule has 0 aliphatic rings. The molecule has 3 heteroatoms. The molecule has 0 aromatic rings. The molecule has 0 rings (SSSR count). The summed E-state index contributed by atoms with van der Waals surface area (Å²) in [5, 5.41) is 8.57. The molecule has 0 radical (unpaired) electrons. The first-order valence-corrected chi connectivity index (χ1v) is 4.15. The van der Waals surface area contributed by atoms with Crippen LogP contribution in [0.1, 0.15) is 26.7 Å². The lowest BCUT2D eigenvalue weighted by Gasteiger charge is -2.21. The van der Waals surface area contributed by atoms with Crippen LogP contribution in [-0.4, -0.2) is 17.3 Å². The maximum Gasteiger partial charge on any atom is 0.0434 e. The third kappa shape index (κ3) is 4.40. The van der Waals surface area contributed by atoms with E-state index in [2.05, 4.69) is 0 Å². The summed E-state index contributed by atoms with van der Waals surface area (Å²) in [6.45, 7) is 3.99. The summed E-state index contributed by atoms with van der Waals surface area (Å²) in [5.41, 5.74) is 7.92. The molecule has 0 atom stereocenters. The van der Waals surface area contributed by atoms with Gasteiger partial charge in [-0.15, -0.1) is 0 Å². The molecule has 66 valence electrons. The standard InChI is InChI=1S/C8H16ClNO/c1-8(2,10)7(6-9)4-3-5-11/h6,11H,3-5,10H2,1-2H3. The van der Waals surface area contributed by atoms with E-state index in [4.69, 9.17) is 22.4 Å². The van der Waals surface area contributed by atoms with Gasteiger partial charge in [-0.1, -0.05) is 11.6 Å². The van der Waals surface area contributed by atoms with Crippen LogP contribution in [0.25, 0.3) is 0 Å². The molecule has 0 saturated heterocycles. The van der Waals surface area contributed by atoms with Gasteiger partial charge in [0.2, 0.25) is 0 Å². The second kappa shape index (κ2) is 4.75. The Morgan fingerprint density at radius 1 is 1.64 bits per heavy atom. The zero-order valence-corrected chi connectivity index (χ0v) is 7.86. The van der Waals surface area contributed by atoms with Gasteiger partial charge in [0, 0.05) is 17.7 Å². The van der Waals surface area contributed by atoms with Crippen LogP contribution in [-0.2, 0) is 0 Å². The van der Waals surface area contributed by atoms with Crippen molar-refractivity contribution in [2.75, 3.05) is 6.61 Å². The van der Waals surface area contributed by atoms with Crippen LogP contribution >= 0.6 is 11.6 Å². The second-order valence-electron chi connectivity index (χ2n) is 3.18. The number of aliphatic hydroxyl groups excluding tert-OH is 1. The van der Waals surface area contributed by atoms with Crippen LogP contribution in [0.3, 0.4) is 0 Å². The fourth-order valence-corrected chi connectivity index (χ4v) is 1.18. The van der Waals surface area contributed by atoms with E-state index in [1.165, 1.54) is 5.54 Å². The molecule has 3 N–H and O–H groups in total. The van der Waals surface area contributed by atoms with Gasteiger partial charge >= 0.3 is 0 Å². The van der Waals surface area contributed by atoms with Crippen LogP contribution in [0.4, 0.5) is 0 Å². The third-order valence-electron chi connectivity index (χ3n) is 1.56. The molecule has 0 aromatic heterocycles. The van der Waals surface area contributed by atoms with Crippen LogP contribution in [0, 0.1) is 0 Å². The highest BCUT2D eigenvalue weighted by atomic mass is 35.5. The SMILES string of the molecule is CC(C)(N)C(=CCl)CCCO. The zero-order valence-electron chi connectivity index (χ0n) is 7.10. The molecule has 0 bridgehead atoms. The van der Waals surface area contributed by atoms with Gasteiger partial charge in [0.1, 0.15) is 0 Å². The largest absolute Gasteiger partial charge is 0.396 e. The van der Waals surface area contributed by atoms with Crippen molar-refractivity contribution < 1.29 is 5.11 Å². The van der Waals surface area contributed by atoms with Crippen molar-refractivity contribution in [2.24, 2.45) is 5.73 Å². The summed E-state index contributed by atoms with van der Waals surface area (Å²) >= 11 is 5.56. The lowest BCUT2D eigenvalue weighted by molar-refractivity contribution is 0.286. The third-order valence-corrected chi connectivity index (χ3v) is 1.83. The van der Waals surface area contributed by atoms with Crippen LogP contribution in [0.5, 0.6) is 0 Å². The van der Waals surface area contributed by atoms with Gasteiger partial charge in [0.15, 0.2) is 0 Å². The lowest BCUT2D eigenvalue weighted by Crippen LogP contribution is -2.34. The van der Waals surface area contributed by atoms with Crippen molar-refractivity contribution in [3.05, 3.63) is 11.1 Å². The van der Waals surface area contributed by atoms with Crippen molar-refractivity contribution >= 4 is 11.6 Å². The van der Waals surface area contributed by atoms with Crippen LogP contribution in [0.2, 0.25) is 0 Å². The molecule has 11 heavy (non-hydrogen) atoms. The van der Waals surface area contributed by atoms with E-state index in [1.807, 2.05) is 13.8 Å². The lowest BCUT2D eigenvalue weighted by atomic mass is 9.93. The minimum Gasteiger partial charge on any atom is -0.396 e. The fourth-order valence-electron chi connectivity index (χ4n) is 0.787. The van der Waals surface area contributed by atoms with Crippen LogP contribution < -0.4 is 5.73 Å². The minimum atomic E-state index is -0.364. The summed E-state index contributed by atoms with van der Waals surface area (Å²) < 4.78 is 0. The Kier molecular flexibility index (Phi) is 4.73. The van der Waals surface area contributed by atoms with Crippen molar-refractivity contribution in [3.8, 4) is 0 Å². The normalized spacial score (nSPS) is 13.7. The Labute approximate surface area is 73.0 Å². The van der Waals surface area contributed by atoms with Gasteiger partial charge < -0.3 is 10.8 Å². The summed E-state index contributed by atoms with van der Waals surface area (Å²) in [6, 6.07) is 0. The fraction of sp³-hybridized carbons (Fsp3) is 0.750. The van der Waals surface area contributed by atoms with Crippen molar-refractivity contribution in [1.82, 2.24) is 0 Å². The molecule has 2 nitrogen and oxygen atoms in total. The number of hydrogen-bond acceptors (Lipinski definition) is 2. The molecule has 0 saturated carbocycles. The molecule has 0 spiro atoms. The number of halogens is 1. The van der Waals surface area contributed by atoms with Gasteiger partial charge in [-0.05, 0) is 32.3 Å². The second-order valence-corrected chi connectivity index (χ2v) is 3.40. The highest BCUT2D eigenvalue weighted by Crippen LogP contribution is 2.18. The Bertz CT molecular complexity index is 138. The number of aliphatic hydroxyl groups is 1. The van der Waals surface area contributed by atoms with Crippen LogP contribution in [0.15, 0.2) is 11.1 Å². The smallest absolute Gasteiger partial charge is 0.0434 e. The minimum absolute atomic E-state index is 0.185. The zero-order chi connectivity index (χ0) is 8.91. The first-order valence-electron chi connectivity index (χ1n) is 3.72. The summed E-state index contributed by atoms with van der Waals surface area (Å²) in [4.78, 5) is 0. The molecule has 0 aliphatic carbocycles. The van der Waals surface area contributed by atoms with Gasteiger partial charge in [0.25, 0.3) is 0 Å². The van der Waals surface area contributed by atoms with E-state index in [1.54, 1.807) is 0 Å². The Morgan fingerprint density at radius 2 is 2.18 bits per heavy atom. The van der Waals surface area contributed by atoms with E-state index < -0.39 is 0 Å². The first kappa shape index (κ1) is 11.0. The quantitative estimate of drug-likeness (QED) is 0.686. The molecular weight excluding hydrogens is 162 g/mol. The predicted octanol–water partition coefficient (Wildman–Crippen LogP) is 1.62. The highest BCUT2D eigenvalue weighted by molar-refractivity contribution is 6.25. The van der Waals surface area contributed by atoms with Gasteiger partial charge in [0.05, 0.1) is 0 Å². The highest BCUT2D eigenvalue weighted by Gasteiger charge is 2.15. The molecule has 0 heterocycles. The molecular formula is C8H16ClNO.